The first-order valence-electron chi connectivity index (χ1n) is 6.78. The highest BCUT2D eigenvalue weighted by Crippen LogP contribution is 2.10. The van der Waals surface area contributed by atoms with Crippen LogP contribution in [0.2, 0.25) is 0 Å². The third kappa shape index (κ3) is 6.18. The molecule has 0 heterocycles. The molecule has 3 N–H and O–H groups in total. The van der Waals surface area contributed by atoms with Crippen LogP contribution in [0.15, 0.2) is 29.2 Å². The molecule has 0 aliphatic rings. The van der Waals surface area contributed by atoms with Gasteiger partial charge in [-0.3, -0.25) is 0 Å². The standard InChI is InChI=1S/C14H24N2O2S/c1-3-4-5-7-12(2)16-11-13-8-6-9-14(10-13)19(15,17)18/h6,8-10,12,16H,3-5,7,11H2,1-2H3,(H2,15,17,18). The van der Waals surface area contributed by atoms with Crippen LogP contribution in [0.5, 0.6) is 0 Å². The zero-order chi connectivity index (χ0) is 14.3. The summed E-state index contributed by atoms with van der Waals surface area (Å²) in [6.07, 6.45) is 4.85. The topological polar surface area (TPSA) is 72.2 Å². The quantitative estimate of drug-likeness (QED) is 0.720. The lowest BCUT2D eigenvalue weighted by atomic mass is 10.1. The fourth-order valence-electron chi connectivity index (χ4n) is 1.93. The van der Waals surface area contributed by atoms with Crippen LogP contribution < -0.4 is 10.5 Å². The minimum Gasteiger partial charge on any atom is -0.310 e. The summed E-state index contributed by atoms with van der Waals surface area (Å²) in [6.45, 7) is 5.01. The molecule has 0 radical (unpaired) electrons. The lowest BCUT2D eigenvalue weighted by molar-refractivity contribution is 0.487. The Morgan fingerprint density at radius 3 is 2.68 bits per heavy atom. The molecule has 0 aliphatic heterocycles. The van der Waals surface area contributed by atoms with E-state index >= 15 is 0 Å². The van der Waals surface area contributed by atoms with Crippen molar-refractivity contribution >= 4 is 10.0 Å². The number of hydrogen-bond acceptors (Lipinski definition) is 3. The van der Waals surface area contributed by atoms with E-state index < -0.39 is 10.0 Å². The molecule has 1 atom stereocenters. The van der Waals surface area contributed by atoms with Crippen molar-refractivity contribution in [2.75, 3.05) is 0 Å². The van der Waals surface area contributed by atoms with Gasteiger partial charge in [0.15, 0.2) is 0 Å². The molecule has 0 fully saturated rings. The minimum atomic E-state index is -3.61. The zero-order valence-electron chi connectivity index (χ0n) is 11.7. The van der Waals surface area contributed by atoms with E-state index in [9.17, 15) is 8.42 Å². The number of sulfonamides is 1. The van der Waals surface area contributed by atoms with Gasteiger partial charge in [-0.05, 0) is 31.0 Å². The van der Waals surface area contributed by atoms with E-state index in [4.69, 9.17) is 5.14 Å². The van der Waals surface area contributed by atoms with Crippen LogP contribution >= 0.6 is 0 Å². The van der Waals surface area contributed by atoms with E-state index in [2.05, 4.69) is 19.2 Å². The van der Waals surface area contributed by atoms with Crippen LogP contribution in [0.1, 0.15) is 45.1 Å². The Morgan fingerprint density at radius 1 is 1.32 bits per heavy atom. The number of primary sulfonamides is 1. The summed E-state index contributed by atoms with van der Waals surface area (Å²) in [4.78, 5) is 0.172. The molecule has 108 valence electrons. The second-order valence-electron chi connectivity index (χ2n) is 4.97. The Labute approximate surface area is 116 Å². The Balaban J connectivity index is 2.49. The lowest BCUT2D eigenvalue weighted by Gasteiger charge is -2.13. The number of unbranched alkanes of at least 4 members (excludes halogenated alkanes) is 2. The number of rotatable bonds is 8. The van der Waals surface area contributed by atoms with Gasteiger partial charge in [0.1, 0.15) is 0 Å². The summed E-state index contributed by atoms with van der Waals surface area (Å²) in [5.74, 6) is 0. The van der Waals surface area contributed by atoms with Crippen molar-refractivity contribution in [3.05, 3.63) is 29.8 Å². The molecular weight excluding hydrogens is 260 g/mol. The highest BCUT2D eigenvalue weighted by atomic mass is 32.2. The van der Waals surface area contributed by atoms with Crippen molar-refractivity contribution in [3.8, 4) is 0 Å². The minimum absolute atomic E-state index is 0.172. The fourth-order valence-corrected chi connectivity index (χ4v) is 2.51. The van der Waals surface area contributed by atoms with Gasteiger partial charge in [-0.25, -0.2) is 13.6 Å². The van der Waals surface area contributed by atoms with Gasteiger partial charge >= 0.3 is 0 Å². The van der Waals surface area contributed by atoms with Gasteiger partial charge in [-0.1, -0.05) is 38.3 Å². The van der Waals surface area contributed by atoms with Crippen LogP contribution in [-0.4, -0.2) is 14.5 Å². The van der Waals surface area contributed by atoms with Crippen LogP contribution in [0.4, 0.5) is 0 Å². The van der Waals surface area contributed by atoms with E-state index in [-0.39, 0.29) is 4.90 Å². The highest BCUT2D eigenvalue weighted by Gasteiger charge is 2.08. The zero-order valence-corrected chi connectivity index (χ0v) is 12.5. The van der Waals surface area contributed by atoms with Gasteiger partial charge in [-0.15, -0.1) is 0 Å². The number of benzene rings is 1. The number of nitrogens with two attached hydrogens (primary N) is 1. The van der Waals surface area contributed by atoms with E-state index in [1.165, 1.54) is 25.3 Å². The van der Waals surface area contributed by atoms with Crippen molar-refractivity contribution in [2.24, 2.45) is 5.14 Å². The van der Waals surface area contributed by atoms with E-state index in [0.717, 1.165) is 12.0 Å². The molecule has 1 aromatic carbocycles. The van der Waals surface area contributed by atoms with E-state index in [1.54, 1.807) is 12.1 Å². The molecule has 0 aliphatic carbocycles. The molecule has 4 nitrogen and oxygen atoms in total. The molecular formula is C14H24N2O2S. The summed E-state index contributed by atoms with van der Waals surface area (Å²) in [7, 11) is -3.61. The third-order valence-electron chi connectivity index (χ3n) is 3.12. The maximum atomic E-state index is 11.3. The Hall–Kier alpha value is -0.910. The molecule has 0 aromatic heterocycles. The molecule has 19 heavy (non-hydrogen) atoms. The van der Waals surface area contributed by atoms with Crippen molar-refractivity contribution in [3.63, 3.8) is 0 Å². The first-order chi connectivity index (χ1) is 8.93. The molecule has 5 heteroatoms. The van der Waals surface area contributed by atoms with Crippen LogP contribution in [-0.2, 0) is 16.6 Å². The van der Waals surface area contributed by atoms with Crippen LogP contribution in [0.25, 0.3) is 0 Å². The summed E-state index contributed by atoms with van der Waals surface area (Å²) in [5.41, 5.74) is 0.939. The monoisotopic (exact) mass is 284 g/mol. The molecule has 0 amide bonds. The first-order valence-corrected chi connectivity index (χ1v) is 8.33. The molecule has 1 rings (SSSR count). The summed E-state index contributed by atoms with van der Waals surface area (Å²) in [5, 5.41) is 8.52. The van der Waals surface area contributed by atoms with E-state index in [0.29, 0.717) is 12.6 Å². The van der Waals surface area contributed by atoms with Crippen molar-refractivity contribution in [2.45, 2.75) is 57.0 Å². The van der Waals surface area contributed by atoms with Gasteiger partial charge in [0.2, 0.25) is 10.0 Å². The predicted molar refractivity (Wildman–Crippen MR) is 78.3 cm³/mol. The highest BCUT2D eigenvalue weighted by molar-refractivity contribution is 7.89. The van der Waals surface area contributed by atoms with Gasteiger partial charge < -0.3 is 5.32 Å². The maximum absolute atomic E-state index is 11.3. The number of nitrogens with one attached hydrogen (secondary N) is 1. The second-order valence-corrected chi connectivity index (χ2v) is 6.53. The smallest absolute Gasteiger partial charge is 0.238 e. The van der Waals surface area contributed by atoms with Gasteiger partial charge in [0, 0.05) is 12.6 Å². The van der Waals surface area contributed by atoms with Crippen molar-refractivity contribution in [1.82, 2.24) is 5.32 Å². The summed E-state index contributed by atoms with van der Waals surface area (Å²) < 4.78 is 22.5. The molecule has 1 aromatic rings. The molecule has 0 spiro atoms. The maximum Gasteiger partial charge on any atom is 0.238 e. The Kier molecular flexibility index (Phi) is 6.48. The average Bonchev–Trinajstić information content (AvgIpc) is 2.36. The molecule has 0 saturated carbocycles. The van der Waals surface area contributed by atoms with E-state index in [1.807, 2.05) is 6.07 Å². The Bertz CT molecular complexity index is 486. The summed E-state index contributed by atoms with van der Waals surface area (Å²) in [6, 6.07) is 7.20. The fraction of sp³-hybridized carbons (Fsp3) is 0.571. The lowest BCUT2D eigenvalue weighted by Crippen LogP contribution is -2.25. The second kappa shape index (κ2) is 7.62. The predicted octanol–water partition coefficient (Wildman–Crippen LogP) is 2.39. The van der Waals surface area contributed by atoms with Crippen molar-refractivity contribution in [1.29, 1.82) is 0 Å². The molecule has 0 saturated heterocycles. The third-order valence-corrected chi connectivity index (χ3v) is 4.03. The number of hydrogen-bond donors (Lipinski definition) is 2. The van der Waals surface area contributed by atoms with Gasteiger partial charge in [0.05, 0.1) is 4.90 Å². The largest absolute Gasteiger partial charge is 0.310 e. The Morgan fingerprint density at radius 2 is 2.05 bits per heavy atom. The average molecular weight is 284 g/mol. The van der Waals surface area contributed by atoms with Gasteiger partial charge in [0.25, 0.3) is 0 Å². The molecule has 0 bridgehead atoms. The van der Waals surface area contributed by atoms with Gasteiger partial charge in [-0.2, -0.15) is 0 Å². The SMILES string of the molecule is CCCCCC(C)NCc1cccc(S(N)(=O)=O)c1. The van der Waals surface area contributed by atoms with Crippen LogP contribution in [0, 0.1) is 0 Å². The van der Waals surface area contributed by atoms with Crippen LogP contribution in [0.3, 0.4) is 0 Å². The van der Waals surface area contributed by atoms with Crippen molar-refractivity contribution < 1.29 is 8.42 Å². The molecule has 1 unspecified atom stereocenters. The first kappa shape index (κ1) is 16.1. The summed E-state index contributed by atoms with van der Waals surface area (Å²) >= 11 is 0. The normalized spacial score (nSPS) is 13.4.